The van der Waals surface area contributed by atoms with Crippen molar-refractivity contribution in [3.8, 4) is 28.3 Å². The van der Waals surface area contributed by atoms with Crippen LogP contribution in [0.4, 0.5) is 0 Å². The standard InChI is InChI=1S/C41H40BNO/c1-24(2)27-19-35-38-37(20-27)44-36-17-14-26(25-12-10-9-11-13-25)18-32(36)42(38)33-23-29(41(6,7)8)22-31-30-21-28(40(3,4)5)15-16-34(30)43(35)39(31)33/h9-24H,1-8H3. The van der Waals surface area contributed by atoms with E-state index >= 15 is 0 Å². The summed E-state index contributed by atoms with van der Waals surface area (Å²) in [4.78, 5) is 0. The molecule has 0 saturated heterocycles. The lowest BCUT2D eigenvalue weighted by Crippen LogP contribution is -2.58. The van der Waals surface area contributed by atoms with Gasteiger partial charge in [-0.1, -0.05) is 110 Å². The van der Waals surface area contributed by atoms with Crippen LogP contribution in [-0.2, 0) is 10.8 Å². The van der Waals surface area contributed by atoms with Gasteiger partial charge in [0.05, 0.1) is 5.52 Å². The van der Waals surface area contributed by atoms with Gasteiger partial charge in [0.25, 0.3) is 6.71 Å². The van der Waals surface area contributed by atoms with E-state index in [1.807, 2.05) is 0 Å². The molecule has 0 spiro atoms. The first-order valence-electron chi connectivity index (χ1n) is 16.1. The van der Waals surface area contributed by atoms with Crippen LogP contribution in [0.25, 0.3) is 38.6 Å². The molecule has 0 unspecified atom stereocenters. The van der Waals surface area contributed by atoms with Crippen molar-refractivity contribution in [3.63, 3.8) is 0 Å². The molecular weight excluding hydrogens is 533 g/mol. The smallest absolute Gasteiger partial charge is 0.256 e. The Morgan fingerprint density at radius 3 is 2.07 bits per heavy atom. The Bertz CT molecular complexity index is 2140. The number of benzene rings is 5. The average molecular weight is 574 g/mol. The van der Waals surface area contributed by atoms with Gasteiger partial charge in [0.2, 0.25) is 0 Å². The normalized spacial score (nSPS) is 13.8. The quantitative estimate of drug-likeness (QED) is 0.188. The van der Waals surface area contributed by atoms with Gasteiger partial charge < -0.3 is 9.30 Å². The van der Waals surface area contributed by atoms with Crippen molar-refractivity contribution in [2.75, 3.05) is 0 Å². The van der Waals surface area contributed by atoms with Crippen LogP contribution >= 0.6 is 0 Å². The summed E-state index contributed by atoms with van der Waals surface area (Å²) in [5, 5.41) is 2.68. The van der Waals surface area contributed by atoms with Gasteiger partial charge in [-0.05, 0) is 97.4 Å². The van der Waals surface area contributed by atoms with Crippen molar-refractivity contribution < 1.29 is 4.74 Å². The molecule has 1 aromatic heterocycles. The molecule has 0 bridgehead atoms. The zero-order valence-corrected chi connectivity index (χ0v) is 27.2. The molecule has 0 atom stereocenters. The Hall–Kier alpha value is -4.24. The van der Waals surface area contributed by atoms with Crippen LogP contribution in [0.1, 0.15) is 78.0 Å². The van der Waals surface area contributed by atoms with Crippen LogP contribution in [0.3, 0.4) is 0 Å². The largest absolute Gasteiger partial charge is 0.458 e. The van der Waals surface area contributed by atoms with E-state index < -0.39 is 0 Å². The van der Waals surface area contributed by atoms with E-state index in [2.05, 4.69) is 151 Å². The van der Waals surface area contributed by atoms with Crippen LogP contribution in [0.5, 0.6) is 11.5 Å². The fourth-order valence-electron chi connectivity index (χ4n) is 7.35. The molecule has 0 aliphatic carbocycles. The topological polar surface area (TPSA) is 14.2 Å². The predicted molar refractivity (Wildman–Crippen MR) is 189 cm³/mol. The highest BCUT2D eigenvalue weighted by Gasteiger charge is 2.41. The lowest BCUT2D eigenvalue weighted by molar-refractivity contribution is 0.486. The van der Waals surface area contributed by atoms with Gasteiger partial charge in [-0.25, -0.2) is 0 Å². The Labute approximate surface area is 261 Å². The summed E-state index contributed by atoms with van der Waals surface area (Å²) in [6.45, 7) is 18.6. The molecule has 6 aromatic rings. The fraction of sp³-hybridized carbons (Fsp3) is 0.268. The van der Waals surface area contributed by atoms with Crippen molar-refractivity contribution in [3.05, 3.63) is 108 Å². The first kappa shape index (κ1) is 27.3. The maximum absolute atomic E-state index is 6.85. The highest BCUT2D eigenvalue weighted by atomic mass is 16.5. The summed E-state index contributed by atoms with van der Waals surface area (Å²) in [7, 11) is 0. The zero-order chi connectivity index (χ0) is 30.7. The van der Waals surface area contributed by atoms with Crippen molar-refractivity contribution >= 4 is 44.9 Å². The number of hydrogen-bond acceptors (Lipinski definition) is 1. The van der Waals surface area contributed by atoms with Gasteiger partial charge in [-0.3, -0.25) is 0 Å². The number of aromatic nitrogens is 1. The Kier molecular flexibility index (Phi) is 5.68. The minimum Gasteiger partial charge on any atom is -0.458 e. The van der Waals surface area contributed by atoms with Gasteiger partial charge in [-0.2, -0.15) is 0 Å². The lowest BCUT2D eigenvalue weighted by atomic mass is 9.34. The van der Waals surface area contributed by atoms with E-state index in [1.165, 1.54) is 71.7 Å². The van der Waals surface area contributed by atoms with Crippen LogP contribution < -0.4 is 21.1 Å². The first-order valence-corrected chi connectivity index (χ1v) is 16.1. The molecule has 2 nitrogen and oxygen atoms in total. The predicted octanol–water partition coefficient (Wildman–Crippen LogP) is 9.10. The Morgan fingerprint density at radius 1 is 0.636 bits per heavy atom. The van der Waals surface area contributed by atoms with E-state index in [4.69, 9.17) is 4.74 Å². The second-order valence-electron chi connectivity index (χ2n) is 15.3. The Morgan fingerprint density at radius 2 is 1.36 bits per heavy atom. The van der Waals surface area contributed by atoms with Gasteiger partial charge in [0.15, 0.2) is 0 Å². The molecule has 8 rings (SSSR count). The summed E-state index contributed by atoms with van der Waals surface area (Å²) in [5.41, 5.74) is 14.3. The van der Waals surface area contributed by atoms with E-state index in [0.717, 1.165) is 11.5 Å². The number of ether oxygens (including phenoxy) is 1. The van der Waals surface area contributed by atoms with Crippen LogP contribution in [-0.4, -0.2) is 11.3 Å². The molecule has 0 amide bonds. The molecule has 3 heteroatoms. The van der Waals surface area contributed by atoms with Crippen LogP contribution in [0.2, 0.25) is 0 Å². The first-order chi connectivity index (χ1) is 20.9. The third kappa shape index (κ3) is 3.94. The second kappa shape index (κ2) is 9.14. The van der Waals surface area contributed by atoms with E-state index in [1.54, 1.807) is 0 Å². The summed E-state index contributed by atoms with van der Waals surface area (Å²) in [6, 6.07) is 34.3. The molecule has 0 N–H and O–H groups in total. The van der Waals surface area contributed by atoms with Crippen molar-refractivity contribution in [2.45, 2.75) is 72.1 Å². The molecule has 3 heterocycles. The number of nitrogens with zero attached hydrogens (tertiary/aromatic N) is 1. The van der Waals surface area contributed by atoms with Gasteiger partial charge in [0, 0.05) is 22.0 Å². The number of hydrogen-bond donors (Lipinski definition) is 0. The molecule has 218 valence electrons. The monoisotopic (exact) mass is 573 g/mol. The maximum Gasteiger partial charge on any atom is 0.256 e. The Balaban J connectivity index is 1.53. The van der Waals surface area contributed by atoms with Crippen LogP contribution in [0.15, 0.2) is 91.0 Å². The van der Waals surface area contributed by atoms with Crippen molar-refractivity contribution in [2.24, 2.45) is 0 Å². The van der Waals surface area contributed by atoms with E-state index in [9.17, 15) is 0 Å². The number of rotatable bonds is 2. The molecule has 0 saturated carbocycles. The van der Waals surface area contributed by atoms with E-state index in [-0.39, 0.29) is 17.5 Å². The minimum atomic E-state index is 0.00520. The highest BCUT2D eigenvalue weighted by Crippen LogP contribution is 2.42. The molecule has 0 fully saturated rings. The summed E-state index contributed by atoms with van der Waals surface area (Å²) in [6.07, 6.45) is 0. The highest BCUT2D eigenvalue weighted by molar-refractivity contribution is 6.99. The molecule has 2 aliphatic rings. The summed E-state index contributed by atoms with van der Waals surface area (Å²) in [5.74, 6) is 2.34. The molecule has 2 aliphatic heterocycles. The minimum absolute atomic E-state index is 0.00520. The lowest BCUT2D eigenvalue weighted by Gasteiger charge is -2.35. The van der Waals surface area contributed by atoms with Crippen molar-refractivity contribution in [1.82, 2.24) is 4.57 Å². The van der Waals surface area contributed by atoms with Crippen LogP contribution in [0, 0.1) is 0 Å². The second-order valence-corrected chi connectivity index (χ2v) is 15.3. The summed E-state index contributed by atoms with van der Waals surface area (Å²) >= 11 is 0. The third-order valence-corrected chi connectivity index (χ3v) is 9.92. The summed E-state index contributed by atoms with van der Waals surface area (Å²) < 4.78 is 9.40. The maximum atomic E-state index is 6.85. The molecular formula is C41H40BNO. The molecule has 5 aromatic carbocycles. The fourth-order valence-corrected chi connectivity index (χ4v) is 7.35. The zero-order valence-electron chi connectivity index (χ0n) is 27.2. The van der Waals surface area contributed by atoms with Gasteiger partial charge in [0.1, 0.15) is 11.5 Å². The van der Waals surface area contributed by atoms with E-state index in [0.29, 0.717) is 5.92 Å². The average Bonchev–Trinajstić information content (AvgIpc) is 3.32. The van der Waals surface area contributed by atoms with Gasteiger partial charge in [-0.15, -0.1) is 0 Å². The molecule has 44 heavy (non-hydrogen) atoms. The van der Waals surface area contributed by atoms with Crippen molar-refractivity contribution in [1.29, 1.82) is 0 Å². The molecule has 0 radical (unpaired) electrons. The number of fused-ring (bicyclic) bond motifs is 7. The third-order valence-electron chi connectivity index (χ3n) is 9.92. The SMILES string of the molecule is CC(C)c1cc2c3c(c1)-n1c4ccc(C(C)(C)C)cc4c4cc(C(C)(C)C)cc(c41)B3c1cc(-c3ccccc3)ccc1O2. The van der Waals surface area contributed by atoms with Gasteiger partial charge >= 0.3 is 0 Å².